The monoisotopic (exact) mass is 398 g/mol. The van der Waals surface area contributed by atoms with E-state index in [0.29, 0.717) is 19.0 Å². The molecule has 1 aliphatic heterocycles. The van der Waals surface area contributed by atoms with E-state index in [1.54, 1.807) is 4.68 Å². The molecule has 4 rings (SSSR count). The van der Waals surface area contributed by atoms with E-state index >= 15 is 0 Å². The number of aromatic nitrogens is 3. The summed E-state index contributed by atoms with van der Waals surface area (Å²) in [6.07, 6.45) is 1.79. The summed E-state index contributed by atoms with van der Waals surface area (Å²) in [5.74, 6) is 1.21. The van der Waals surface area contributed by atoms with Crippen LogP contribution in [0.3, 0.4) is 0 Å². The molecule has 2 aromatic carbocycles. The number of fused-ring (bicyclic) bond motifs is 1. The van der Waals surface area contributed by atoms with Gasteiger partial charge in [0.25, 0.3) is 0 Å². The number of halogens is 1. The molecular weight excluding hydrogens is 384 g/mol. The highest BCUT2D eigenvalue weighted by Gasteiger charge is 2.27. The predicted octanol–water partition coefficient (Wildman–Crippen LogP) is 3.55. The Kier molecular flexibility index (Phi) is 4.23. The Hall–Kier alpha value is -2.67. The first-order chi connectivity index (χ1) is 12.2. The van der Waals surface area contributed by atoms with Gasteiger partial charge in [-0.2, -0.15) is 10.1 Å². The number of amides is 1. The van der Waals surface area contributed by atoms with Crippen LogP contribution in [0, 0.1) is 0 Å². The van der Waals surface area contributed by atoms with Gasteiger partial charge >= 0.3 is 0 Å². The minimum Gasteiger partial charge on any atom is -0.489 e. The Balaban J connectivity index is 1.47. The standard InChI is InChI=1S/C18H15BrN4O2/c19-14-5-1-12(2-6-14)10-25-15-7-3-13(4-8-15)16-9-17(24)22-18-20-11-21-23(16)18/h1-8,11,16H,9-10H2,(H,20,21,22,24)/t16-/m0/s1. The average Bonchev–Trinajstić information content (AvgIpc) is 3.09. The smallest absolute Gasteiger partial charge is 0.229 e. The summed E-state index contributed by atoms with van der Waals surface area (Å²) in [6, 6.07) is 15.6. The van der Waals surface area contributed by atoms with E-state index in [4.69, 9.17) is 4.74 Å². The van der Waals surface area contributed by atoms with Crippen LogP contribution in [0.5, 0.6) is 5.75 Å². The number of hydrogen-bond acceptors (Lipinski definition) is 4. The van der Waals surface area contributed by atoms with Gasteiger partial charge in [-0.3, -0.25) is 10.1 Å². The lowest BCUT2D eigenvalue weighted by Gasteiger charge is -2.23. The number of carbonyl (C=O) groups is 1. The number of nitrogens with one attached hydrogen (secondary N) is 1. The highest BCUT2D eigenvalue weighted by molar-refractivity contribution is 9.10. The van der Waals surface area contributed by atoms with Crippen molar-refractivity contribution in [2.45, 2.75) is 19.1 Å². The third kappa shape index (κ3) is 3.41. The van der Waals surface area contributed by atoms with Crippen molar-refractivity contribution in [1.29, 1.82) is 0 Å². The number of nitrogens with zero attached hydrogens (tertiary/aromatic N) is 3. The molecule has 3 aromatic rings. The molecule has 0 saturated carbocycles. The molecule has 1 aromatic heterocycles. The van der Waals surface area contributed by atoms with E-state index in [1.807, 2.05) is 48.5 Å². The summed E-state index contributed by atoms with van der Waals surface area (Å²) < 4.78 is 8.60. The van der Waals surface area contributed by atoms with Crippen molar-refractivity contribution in [3.63, 3.8) is 0 Å². The molecule has 7 heteroatoms. The van der Waals surface area contributed by atoms with Crippen LogP contribution in [0.25, 0.3) is 0 Å². The molecule has 1 aliphatic rings. The summed E-state index contributed by atoms with van der Waals surface area (Å²) in [5.41, 5.74) is 2.10. The second kappa shape index (κ2) is 6.68. The van der Waals surface area contributed by atoms with Crippen molar-refractivity contribution < 1.29 is 9.53 Å². The number of ether oxygens (including phenoxy) is 1. The zero-order valence-electron chi connectivity index (χ0n) is 13.2. The lowest BCUT2D eigenvalue weighted by atomic mass is 10.0. The quantitative estimate of drug-likeness (QED) is 0.729. The molecule has 0 saturated heterocycles. The zero-order valence-corrected chi connectivity index (χ0v) is 14.8. The van der Waals surface area contributed by atoms with Crippen LogP contribution in [0.4, 0.5) is 5.95 Å². The van der Waals surface area contributed by atoms with E-state index in [2.05, 4.69) is 31.3 Å². The highest BCUT2D eigenvalue weighted by atomic mass is 79.9. The molecule has 1 N–H and O–H groups in total. The Morgan fingerprint density at radius 2 is 1.92 bits per heavy atom. The van der Waals surface area contributed by atoms with Gasteiger partial charge in [0.15, 0.2) is 0 Å². The van der Waals surface area contributed by atoms with Gasteiger partial charge in [-0.15, -0.1) is 0 Å². The summed E-state index contributed by atoms with van der Waals surface area (Å²) in [5, 5.41) is 6.93. The summed E-state index contributed by atoms with van der Waals surface area (Å²) in [7, 11) is 0. The molecule has 2 heterocycles. The summed E-state index contributed by atoms with van der Waals surface area (Å²) in [4.78, 5) is 15.9. The maximum absolute atomic E-state index is 11.8. The fraction of sp³-hybridized carbons (Fsp3) is 0.167. The van der Waals surface area contributed by atoms with Gasteiger partial charge < -0.3 is 4.74 Å². The lowest BCUT2D eigenvalue weighted by Crippen LogP contribution is -2.29. The van der Waals surface area contributed by atoms with Crippen molar-refractivity contribution in [3.8, 4) is 5.75 Å². The second-order valence-electron chi connectivity index (χ2n) is 5.78. The topological polar surface area (TPSA) is 69.0 Å². The van der Waals surface area contributed by atoms with E-state index in [9.17, 15) is 4.79 Å². The molecule has 126 valence electrons. The van der Waals surface area contributed by atoms with Gasteiger partial charge in [0.2, 0.25) is 11.9 Å². The molecule has 1 atom stereocenters. The van der Waals surface area contributed by atoms with Gasteiger partial charge in [0, 0.05) is 4.47 Å². The van der Waals surface area contributed by atoms with Crippen LogP contribution in [-0.2, 0) is 11.4 Å². The minimum atomic E-state index is -0.147. The van der Waals surface area contributed by atoms with Crippen molar-refractivity contribution in [1.82, 2.24) is 14.8 Å². The molecule has 0 spiro atoms. The average molecular weight is 399 g/mol. The normalized spacial score (nSPS) is 16.2. The number of benzene rings is 2. The van der Waals surface area contributed by atoms with Crippen molar-refractivity contribution in [2.75, 3.05) is 5.32 Å². The fourth-order valence-corrected chi connectivity index (χ4v) is 3.06. The third-order valence-corrected chi connectivity index (χ3v) is 4.61. The predicted molar refractivity (Wildman–Crippen MR) is 96.3 cm³/mol. The van der Waals surface area contributed by atoms with Crippen LogP contribution in [0.2, 0.25) is 0 Å². The number of hydrogen-bond donors (Lipinski definition) is 1. The molecule has 6 nitrogen and oxygen atoms in total. The lowest BCUT2D eigenvalue weighted by molar-refractivity contribution is -0.117. The van der Waals surface area contributed by atoms with E-state index in [1.165, 1.54) is 6.33 Å². The van der Waals surface area contributed by atoms with Crippen molar-refractivity contribution in [2.24, 2.45) is 0 Å². The van der Waals surface area contributed by atoms with E-state index in [0.717, 1.165) is 21.3 Å². The molecule has 0 radical (unpaired) electrons. The summed E-state index contributed by atoms with van der Waals surface area (Å²) in [6.45, 7) is 0.506. The number of rotatable bonds is 4. The zero-order chi connectivity index (χ0) is 17.2. The molecule has 0 bridgehead atoms. The number of anilines is 1. The van der Waals surface area contributed by atoms with E-state index in [-0.39, 0.29) is 11.9 Å². The molecular formula is C18H15BrN4O2. The van der Waals surface area contributed by atoms with Crippen LogP contribution in [0.1, 0.15) is 23.6 Å². The Bertz CT molecular complexity index is 890. The van der Waals surface area contributed by atoms with Gasteiger partial charge in [-0.1, -0.05) is 40.2 Å². The number of carbonyl (C=O) groups excluding carboxylic acids is 1. The van der Waals surface area contributed by atoms with Crippen molar-refractivity contribution >= 4 is 27.8 Å². The Morgan fingerprint density at radius 1 is 1.16 bits per heavy atom. The molecule has 0 unspecified atom stereocenters. The van der Waals surface area contributed by atoms with Gasteiger partial charge in [-0.05, 0) is 35.4 Å². The van der Waals surface area contributed by atoms with Crippen LogP contribution in [-0.4, -0.2) is 20.7 Å². The molecule has 1 amide bonds. The first-order valence-electron chi connectivity index (χ1n) is 7.85. The van der Waals surface area contributed by atoms with Gasteiger partial charge in [-0.25, -0.2) is 4.68 Å². The first-order valence-corrected chi connectivity index (χ1v) is 8.65. The van der Waals surface area contributed by atoms with E-state index < -0.39 is 0 Å². The molecule has 0 fully saturated rings. The fourth-order valence-electron chi connectivity index (χ4n) is 2.80. The SMILES string of the molecule is O=C1C[C@@H](c2ccc(OCc3ccc(Br)cc3)cc2)n2ncnc2N1. The Labute approximate surface area is 153 Å². The maximum atomic E-state index is 11.8. The first kappa shape index (κ1) is 15.8. The second-order valence-corrected chi connectivity index (χ2v) is 6.70. The van der Waals surface area contributed by atoms with Gasteiger partial charge in [0.05, 0.1) is 12.5 Å². The third-order valence-electron chi connectivity index (χ3n) is 4.08. The van der Waals surface area contributed by atoms with Crippen LogP contribution < -0.4 is 10.1 Å². The van der Waals surface area contributed by atoms with Crippen LogP contribution in [0.15, 0.2) is 59.3 Å². The maximum Gasteiger partial charge on any atom is 0.229 e. The minimum absolute atomic E-state index is 0.0546. The summed E-state index contributed by atoms with van der Waals surface area (Å²) >= 11 is 3.42. The molecule has 25 heavy (non-hydrogen) atoms. The largest absolute Gasteiger partial charge is 0.489 e. The molecule has 0 aliphatic carbocycles. The Morgan fingerprint density at radius 3 is 2.68 bits per heavy atom. The van der Waals surface area contributed by atoms with Gasteiger partial charge in [0.1, 0.15) is 18.7 Å². The van der Waals surface area contributed by atoms with Crippen molar-refractivity contribution in [3.05, 3.63) is 70.5 Å². The van der Waals surface area contributed by atoms with Crippen LogP contribution >= 0.6 is 15.9 Å². The highest BCUT2D eigenvalue weighted by Crippen LogP contribution is 2.29.